The highest BCUT2D eigenvalue weighted by Crippen LogP contribution is 2.48. The van der Waals surface area contributed by atoms with Crippen molar-refractivity contribution >= 4 is 17.4 Å². The number of rotatable bonds is 4. The standard InChI is InChI=1S/C25H24FN3O2/c26-18-10-12-19(13-11-18)27-25(31)29-15-22-24(20-8-4-5-9-21(20)29)23(16-30)28(22)14-17-6-2-1-3-7-17/h1-13,22-24,30H,14-16H2,(H,27,31)/t22-,23-,24+/m1/s1. The van der Waals surface area contributed by atoms with Gasteiger partial charge in [0.25, 0.3) is 0 Å². The van der Waals surface area contributed by atoms with Crippen molar-refractivity contribution in [3.05, 3.63) is 95.8 Å². The summed E-state index contributed by atoms with van der Waals surface area (Å²) in [5.74, 6) is -0.162. The van der Waals surface area contributed by atoms with Crippen molar-refractivity contribution in [2.75, 3.05) is 23.4 Å². The Balaban J connectivity index is 1.43. The molecule has 3 atom stereocenters. The lowest BCUT2D eigenvalue weighted by Crippen LogP contribution is -2.69. The number of benzene rings is 3. The van der Waals surface area contributed by atoms with Gasteiger partial charge in [-0.25, -0.2) is 9.18 Å². The van der Waals surface area contributed by atoms with Gasteiger partial charge in [0.05, 0.1) is 6.61 Å². The molecule has 0 saturated carbocycles. The highest BCUT2D eigenvalue weighted by atomic mass is 19.1. The summed E-state index contributed by atoms with van der Waals surface area (Å²) in [5, 5.41) is 13.0. The number of carbonyl (C=O) groups is 1. The summed E-state index contributed by atoms with van der Waals surface area (Å²) in [6.45, 7) is 1.32. The second-order valence-corrected chi connectivity index (χ2v) is 8.11. The molecule has 0 spiro atoms. The van der Waals surface area contributed by atoms with E-state index in [0.29, 0.717) is 12.2 Å². The van der Waals surface area contributed by atoms with Crippen LogP contribution in [0.1, 0.15) is 17.0 Å². The lowest BCUT2D eigenvalue weighted by atomic mass is 9.72. The summed E-state index contributed by atoms with van der Waals surface area (Å²) in [7, 11) is 0. The number of fused-ring (bicyclic) bond motifs is 3. The number of halogens is 1. The van der Waals surface area contributed by atoms with E-state index >= 15 is 0 Å². The highest BCUT2D eigenvalue weighted by molar-refractivity contribution is 6.02. The Kier molecular flexibility index (Phi) is 5.18. The van der Waals surface area contributed by atoms with E-state index in [1.165, 1.54) is 17.7 Å². The van der Waals surface area contributed by atoms with Gasteiger partial charge in [0.15, 0.2) is 0 Å². The van der Waals surface area contributed by atoms with Crippen molar-refractivity contribution in [1.82, 2.24) is 4.90 Å². The van der Waals surface area contributed by atoms with E-state index in [9.17, 15) is 14.3 Å². The molecule has 3 aromatic carbocycles. The molecule has 2 amide bonds. The number of para-hydroxylation sites is 1. The number of nitrogens with zero attached hydrogens (tertiary/aromatic N) is 2. The third-order valence-electron chi connectivity index (χ3n) is 6.37. The molecule has 5 rings (SSSR count). The fraction of sp³-hybridized carbons (Fsp3) is 0.240. The maximum absolute atomic E-state index is 13.2. The molecule has 1 fully saturated rings. The van der Waals surface area contributed by atoms with E-state index in [4.69, 9.17) is 0 Å². The number of aliphatic hydroxyl groups is 1. The molecule has 0 aromatic heterocycles. The van der Waals surface area contributed by atoms with Gasteiger partial charge < -0.3 is 10.4 Å². The molecule has 5 nitrogen and oxygen atoms in total. The molecule has 2 aliphatic heterocycles. The van der Waals surface area contributed by atoms with Gasteiger partial charge in [-0.1, -0.05) is 48.5 Å². The zero-order chi connectivity index (χ0) is 21.4. The summed E-state index contributed by atoms with van der Waals surface area (Å²) >= 11 is 0. The van der Waals surface area contributed by atoms with Crippen molar-refractivity contribution in [3.63, 3.8) is 0 Å². The first-order valence-electron chi connectivity index (χ1n) is 10.5. The molecule has 0 unspecified atom stereocenters. The van der Waals surface area contributed by atoms with Crippen LogP contribution in [0.15, 0.2) is 78.9 Å². The van der Waals surface area contributed by atoms with Gasteiger partial charge in [0.2, 0.25) is 0 Å². The minimum Gasteiger partial charge on any atom is -0.395 e. The van der Waals surface area contributed by atoms with Crippen molar-refractivity contribution in [1.29, 1.82) is 0 Å². The van der Waals surface area contributed by atoms with Crippen molar-refractivity contribution < 1.29 is 14.3 Å². The molecule has 2 heterocycles. The normalized spacial score (nSPS) is 22.3. The molecule has 2 aliphatic rings. The molecule has 1 saturated heterocycles. The number of hydrogen-bond acceptors (Lipinski definition) is 3. The molecule has 0 aliphatic carbocycles. The van der Waals surface area contributed by atoms with E-state index in [1.54, 1.807) is 17.0 Å². The van der Waals surface area contributed by atoms with E-state index in [2.05, 4.69) is 22.3 Å². The number of carbonyl (C=O) groups excluding carboxylic acids is 1. The number of amides is 2. The second-order valence-electron chi connectivity index (χ2n) is 8.11. The van der Waals surface area contributed by atoms with E-state index in [1.807, 2.05) is 42.5 Å². The number of hydrogen-bond donors (Lipinski definition) is 2. The third-order valence-corrected chi connectivity index (χ3v) is 6.37. The molecule has 0 bridgehead atoms. The Morgan fingerprint density at radius 3 is 2.45 bits per heavy atom. The number of urea groups is 1. The Morgan fingerprint density at radius 2 is 1.71 bits per heavy atom. The largest absolute Gasteiger partial charge is 0.395 e. The average Bonchev–Trinajstić information content (AvgIpc) is 2.79. The molecule has 31 heavy (non-hydrogen) atoms. The Bertz CT molecular complexity index is 1070. The van der Waals surface area contributed by atoms with Crippen LogP contribution >= 0.6 is 0 Å². The second kappa shape index (κ2) is 8.13. The minimum absolute atomic E-state index is 0.0219. The smallest absolute Gasteiger partial charge is 0.326 e. The Hall–Kier alpha value is -3.22. The van der Waals surface area contributed by atoms with Crippen LogP contribution in [-0.2, 0) is 6.54 Å². The maximum Gasteiger partial charge on any atom is 0.326 e. The molecule has 2 N–H and O–H groups in total. The zero-order valence-corrected chi connectivity index (χ0v) is 17.0. The monoisotopic (exact) mass is 417 g/mol. The van der Waals surface area contributed by atoms with E-state index in [0.717, 1.165) is 17.8 Å². The fourth-order valence-corrected chi connectivity index (χ4v) is 4.91. The predicted octanol–water partition coefficient (Wildman–Crippen LogP) is 4.21. The lowest BCUT2D eigenvalue weighted by Gasteiger charge is -2.59. The van der Waals surface area contributed by atoms with Gasteiger partial charge >= 0.3 is 6.03 Å². The first-order chi connectivity index (χ1) is 15.2. The van der Waals surface area contributed by atoms with E-state index in [-0.39, 0.29) is 36.5 Å². The van der Waals surface area contributed by atoms with Crippen LogP contribution in [0.5, 0.6) is 0 Å². The minimum atomic E-state index is -0.342. The van der Waals surface area contributed by atoms with Crippen LogP contribution in [0.3, 0.4) is 0 Å². The van der Waals surface area contributed by atoms with Gasteiger partial charge in [-0.15, -0.1) is 0 Å². The van der Waals surface area contributed by atoms with Gasteiger partial charge in [0, 0.05) is 42.5 Å². The van der Waals surface area contributed by atoms with Crippen LogP contribution in [0.25, 0.3) is 0 Å². The molecule has 3 aromatic rings. The summed E-state index contributed by atoms with van der Waals surface area (Å²) < 4.78 is 13.2. The SMILES string of the molecule is O=C(Nc1ccc(F)cc1)N1C[C@@H]2[C@H](c3ccccc31)[C@@H](CO)N2Cc1ccccc1. The van der Waals surface area contributed by atoms with Gasteiger partial charge in [0.1, 0.15) is 5.82 Å². The van der Waals surface area contributed by atoms with Crippen molar-refractivity contribution in [3.8, 4) is 0 Å². The predicted molar refractivity (Wildman–Crippen MR) is 119 cm³/mol. The summed E-state index contributed by atoms with van der Waals surface area (Å²) in [6.07, 6.45) is 0. The van der Waals surface area contributed by atoms with Gasteiger partial charge in [-0.3, -0.25) is 9.80 Å². The fourth-order valence-electron chi connectivity index (χ4n) is 4.91. The Labute approximate surface area is 180 Å². The van der Waals surface area contributed by atoms with E-state index < -0.39 is 0 Å². The summed E-state index contributed by atoms with van der Waals surface area (Å²) in [5.41, 5.74) is 3.67. The number of nitrogens with one attached hydrogen (secondary N) is 1. The average molecular weight is 417 g/mol. The Morgan fingerprint density at radius 1 is 1.00 bits per heavy atom. The molecule has 0 radical (unpaired) electrons. The molecule has 6 heteroatoms. The third kappa shape index (κ3) is 3.58. The molecular formula is C25H24FN3O2. The summed E-state index contributed by atoms with van der Waals surface area (Å²) in [4.78, 5) is 17.2. The quantitative estimate of drug-likeness (QED) is 0.669. The first-order valence-corrected chi connectivity index (χ1v) is 10.5. The van der Waals surface area contributed by atoms with Gasteiger partial charge in [-0.05, 0) is 41.5 Å². The number of aliphatic hydroxyl groups excluding tert-OH is 1. The van der Waals surface area contributed by atoms with Crippen LogP contribution in [0.4, 0.5) is 20.6 Å². The first kappa shape index (κ1) is 19.7. The number of anilines is 2. The summed E-state index contributed by atoms with van der Waals surface area (Å²) in [6, 6.07) is 23.7. The highest BCUT2D eigenvalue weighted by Gasteiger charge is 2.53. The van der Waals surface area contributed by atoms with Crippen LogP contribution in [-0.4, -0.2) is 41.3 Å². The van der Waals surface area contributed by atoms with Crippen LogP contribution < -0.4 is 10.2 Å². The number of likely N-dealkylation sites (tertiary alicyclic amines) is 1. The zero-order valence-electron chi connectivity index (χ0n) is 17.0. The van der Waals surface area contributed by atoms with Gasteiger partial charge in [-0.2, -0.15) is 0 Å². The lowest BCUT2D eigenvalue weighted by molar-refractivity contribution is -0.0484. The van der Waals surface area contributed by atoms with Crippen LogP contribution in [0.2, 0.25) is 0 Å². The van der Waals surface area contributed by atoms with Crippen molar-refractivity contribution in [2.45, 2.75) is 24.5 Å². The van der Waals surface area contributed by atoms with Crippen molar-refractivity contribution in [2.24, 2.45) is 0 Å². The maximum atomic E-state index is 13.2. The topological polar surface area (TPSA) is 55.8 Å². The molecule has 158 valence electrons. The molecular weight excluding hydrogens is 393 g/mol. The van der Waals surface area contributed by atoms with Crippen LogP contribution in [0, 0.1) is 5.82 Å².